The first-order valence-electron chi connectivity index (χ1n) is 9.10. The maximum absolute atomic E-state index is 13.0. The van der Waals surface area contributed by atoms with E-state index in [1.54, 1.807) is 4.68 Å². The van der Waals surface area contributed by atoms with Crippen molar-refractivity contribution in [1.29, 1.82) is 0 Å². The molecular weight excluding hydrogens is 398 g/mol. The molecule has 1 amide bonds. The number of thiophene rings is 1. The number of hydrogen-bond acceptors (Lipinski definition) is 5. The SMILES string of the molecule is COC(=O)C1CCN(C(=O)c2cc3c(C)nn(-c4ccccc4Cl)c3s2)CC1. The summed E-state index contributed by atoms with van der Waals surface area (Å²) in [6, 6.07) is 9.43. The van der Waals surface area contributed by atoms with Gasteiger partial charge in [0.25, 0.3) is 5.91 Å². The first-order chi connectivity index (χ1) is 13.5. The summed E-state index contributed by atoms with van der Waals surface area (Å²) in [6.07, 6.45) is 1.27. The Morgan fingerprint density at radius 2 is 1.96 bits per heavy atom. The van der Waals surface area contributed by atoms with E-state index in [9.17, 15) is 9.59 Å². The molecule has 1 fully saturated rings. The lowest BCUT2D eigenvalue weighted by Crippen LogP contribution is -2.40. The maximum Gasteiger partial charge on any atom is 0.308 e. The summed E-state index contributed by atoms with van der Waals surface area (Å²) in [7, 11) is 1.40. The number of para-hydroxylation sites is 1. The van der Waals surface area contributed by atoms with Gasteiger partial charge in [0.15, 0.2) is 0 Å². The van der Waals surface area contributed by atoms with Gasteiger partial charge in [0.1, 0.15) is 4.83 Å². The standard InChI is InChI=1S/C20H20ClN3O3S/c1-12-14-11-17(18(25)23-9-7-13(8-10-23)20(26)27-2)28-19(14)24(22-12)16-6-4-3-5-15(16)21/h3-6,11,13H,7-10H2,1-2H3. The second-order valence-corrected chi connectivity index (χ2v) is 8.31. The lowest BCUT2D eigenvalue weighted by atomic mass is 9.97. The number of halogens is 1. The highest BCUT2D eigenvalue weighted by atomic mass is 35.5. The topological polar surface area (TPSA) is 64.4 Å². The Kier molecular flexibility index (Phi) is 5.12. The van der Waals surface area contributed by atoms with Crippen molar-refractivity contribution in [3.63, 3.8) is 0 Å². The number of benzene rings is 1. The zero-order valence-electron chi connectivity index (χ0n) is 15.6. The molecule has 1 aromatic carbocycles. The molecule has 0 bridgehead atoms. The van der Waals surface area contributed by atoms with Crippen molar-refractivity contribution in [2.24, 2.45) is 5.92 Å². The lowest BCUT2D eigenvalue weighted by Gasteiger charge is -2.30. The molecule has 6 nitrogen and oxygen atoms in total. The number of hydrogen-bond donors (Lipinski definition) is 0. The molecular formula is C20H20ClN3O3S. The molecule has 0 N–H and O–H groups in total. The number of piperidine rings is 1. The number of methoxy groups -OCH3 is 1. The van der Waals surface area contributed by atoms with Crippen LogP contribution in [-0.2, 0) is 9.53 Å². The van der Waals surface area contributed by atoms with Crippen LogP contribution in [0.5, 0.6) is 0 Å². The van der Waals surface area contributed by atoms with E-state index in [2.05, 4.69) is 5.10 Å². The molecule has 0 saturated carbocycles. The highest BCUT2D eigenvalue weighted by Gasteiger charge is 2.29. The molecule has 8 heteroatoms. The number of amides is 1. The smallest absolute Gasteiger partial charge is 0.308 e. The molecule has 0 radical (unpaired) electrons. The van der Waals surface area contributed by atoms with Gasteiger partial charge in [-0.1, -0.05) is 23.7 Å². The molecule has 0 atom stereocenters. The number of likely N-dealkylation sites (tertiary alicyclic amines) is 1. The van der Waals surface area contributed by atoms with E-state index < -0.39 is 0 Å². The Hall–Kier alpha value is -2.38. The van der Waals surface area contributed by atoms with E-state index in [-0.39, 0.29) is 17.8 Å². The van der Waals surface area contributed by atoms with E-state index in [4.69, 9.17) is 16.3 Å². The van der Waals surface area contributed by atoms with Gasteiger partial charge in [0.2, 0.25) is 0 Å². The van der Waals surface area contributed by atoms with Crippen molar-refractivity contribution < 1.29 is 14.3 Å². The van der Waals surface area contributed by atoms with Crippen LogP contribution in [0.1, 0.15) is 28.2 Å². The third-order valence-electron chi connectivity index (χ3n) is 5.15. The van der Waals surface area contributed by atoms with Crippen molar-refractivity contribution in [2.45, 2.75) is 19.8 Å². The van der Waals surface area contributed by atoms with E-state index in [0.29, 0.717) is 35.8 Å². The normalized spacial score (nSPS) is 15.2. The minimum atomic E-state index is -0.190. The highest BCUT2D eigenvalue weighted by molar-refractivity contribution is 7.20. The molecule has 0 aliphatic carbocycles. The molecule has 1 saturated heterocycles. The van der Waals surface area contributed by atoms with Crippen LogP contribution in [0.3, 0.4) is 0 Å². The lowest BCUT2D eigenvalue weighted by molar-refractivity contribution is -0.146. The van der Waals surface area contributed by atoms with Crippen LogP contribution in [0, 0.1) is 12.8 Å². The quantitative estimate of drug-likeness (QED) is 0.602. The first kappa shape index (κ1) is 19.0. The molecule has 0 spiro atoms. The Balaban J connectivity index is 1.61. The molecule has 0 unspecified atom stereocenters. The third kappa shape index (κ3) is 3.29. The van der Waals surface area contributed by atoms with Gasteiger partial charge in [-0.2, -0.15) is 5.10 Å². The molecule has 4 rings (SSSR count). The monoisotopic (exact) mass is 417 g/mol. The highest BCUT2D eigenvalue weighted by Crippen LogP contribution is 2.33. The summed E-state index contributed by atoms with van der Waals surface area (Å²) in [5, 5.41) is 6.16. The number of carbonyl (C=O) groups excluding carboxylic acids is 2. The Morgan fingerprint density at radius 1 is 1.25 bits per heavy atom. The van der Waals surface area contributed by atoms with Crippen LogP contribution in [0.25, 0.3) is 15.9 Å². The van der Waals surface area contributed by atoms with Crippen molar-refractivity contribution in [1.82, 2.24) is 14.7 Å². The second kappa shape index (κ2) is 7.56. The van der Waals surface area contributed by atoms with Crippen molar-refractivity contribution in [3.05, 3.63) is 45.9 Å². The van der Waals surface area contributed by atoms with Gasteiger partial charge in [0, 0.05) is 18.5 Å². The number of fused-ring (bicyclic) bond motifs is 1. The molecule has 1 aliphatic rings. The minimum absolute atomic E-state index is 0.00498. The number of rotatable bonds is 3. The van der Waals surface area contributed by atoms with Crippen LogP contribution in [0.4, 0.5) is 0 Å². The van der Waals surface area contributed by atoms with Gasteiger partial charge in [-0.05, 0) is 38.0 Å². The van der Waals surface area contributed by atoms with Crippen LogP contribution >= 0.6 is 22.9 Å². The van der Waals surface area contributed by atoms with E-state index in [1.807, 2.05) is 42.2 Å². The fourth-order valence-corrected chi connectivity index (χ4v) is 4.94. The van der Waals surface area contributed by atoms with Crippen LogP contribution in [0.15, 0.2) is 30.3 Å². The number of aromatic nitrogens is 2. The minimum Gasteiger partial charge on any atom is -0.469 e. The zero-order chi connectivity index (χ0) is 19.8. The van der Waals surface area contributed by atoms with Crippen LogP contribution in [-0.4, -0.2) is 46.8 Å². The van der Waals surface area contributed by atoms with E-state index in [1.165, 1.54) is 18.4 Å². The van der Waals surface area contributed by atoms with Crippen molar-refractivity contribution in [3.8, 4) is 5.69 Å². The number of aryl methyl sites for hydroxylation is 1. The number of nitrogens with zero attached hydrogens (tertiary/aromatic N) is 3. The van der Waals surface area contributed by atoms with Gasteiger partial charge in [-0.25, -0.2) is 4.68 Å². The number of esters is 1. The fraction of sp³-hybridized carbons (Fsp3) is 0.350. The number of ether oxygens (including phenoxy) is 1. The van der Waals surface area contributed by atoms with Gasteiger partial charge in [-0.15, -0.1) is 11.3 Å². The summed E-state index contributed by atoms with van der Waals surface area (Å²) in [5.74, 6) is -0.313. The average molecular weight is 418 g/mol. The van der Waals surface area contributed by atoms with Gasteiger partial charge < -0.3 is 9.64 Å². The Labute approximate surface area is 171 Å². The van der Waals surface area contributed by atoms with E-state index in [0.717, 1.165) is 21.6 Å². The largest absolute Gasteiger partial charge is 0.469 e. The predicted octanol–water partition coefficient (Wildman–Crippen LogP) is 4.07. The first-order valence-corrected chi connectivity index (χ1v) is 10.3. The molecule has 146 valence electrons. The summed E-state index contributed by atoms with van der Waals surface area (Å²) in [4.78, 5) is 28.1. The van der Waals surface area contributed by atoms with Gasteiger partial charge in [-0.3, -0.25) is 9.59 Å². The maximum atomic E-state index is 13.0. The van der Waals surface area contributed by atoms with Gasteiger partial charge in [0.05, 0.1) is 34.3 Å². The average Bonchev–Trinajstić information content (AvgIpc) is 3.28. The fourth-order valence-electron chi connectivity index (χ4n) is 3.58. The third-order valence-corrected chi connectivity index (χ3v) is 6.57. The molecule has 28 heavy (non-hydrogen) atoms. The summed E-state index contributed by atoms with van der Waals surface area (Å²) in [6.45, 7) is 3.05. The molecule has 3 heterocycles. The predicted molar refractivity (Wildman–Crippen MR) is 109 cm³/mol. The number of carbonyl (C=O) groups is 2. The van der Waals surface area contributed by atoms with Crippen LogP contribution < -0.4 is 0 Å². The Morgan fingerprint density at radius 3 is 2.64 bits per heavy atom. The summed E-state index contributed by atoms with van der Waals surface area (Å²) < 4.78 is 6.62. The summed E-state index contributed by atoms with van der Waals surface area (Å²) >= 11 is 7.76. The molecule has 1 aliphatic heterocycles. The molecule has 2 aromatic heterocycles. The van der Waals surface area contributed by atoms with Crippen molar-refractivity contribution in [2.75, 3.05) is 20.2 Å². The second-order valence-electron chi connectivity index (χ2n) is 6.87. The van der Waals surface area contributed by atoms with Crippen molar-refractivity contribution >= 4 is 45.0 Å². The van der Waals surface area contributed by atoms with E-state index >= 15 is 0 Å². The van der Waals surface area contributed by atoms with Crippen LogP contribution in [0.2, 0.25) is 5.02 Å². The Bertz CT molecular complexity index is 1050. The zero-order valence-corrected chi connectivity index (χ0v) is 17.2. The molecule has 3 aromatic rings. The van der Waals surface area contributed by atoms with Gasteiger partial charge >= 0.3 is 5.97 Å². The summed E-state index contributed by atoms with van der Waals surface area (Å²) in [5.41, 5.74) is 1.65.